The van der Waals surface area contributed by atoms with Gasteiger partial charge in [-0.3, -0.25) is 0 Å². The van der Waals surface area contributed by atoms with E-state index in [0.29, 0.717) is 21.7 Å². The third-order valence-corrected chi connectivity index (χ3v) is 3.79. The third kappa shape index (κ3) is 3.08. The monoisotopic (exact) mass is 312 g/mol. The van der Waals surface area contributed by atoms with Crippen LogP contribution in [0.15, 0.2) is 35.2 Å². The van der Waals surface area contributed by atoms with Gasteiger partial charge < -0.3 is 14.5 Å². The molecule has 0 aliphatic carbocycles. The molecule has 0 spiro atoms. The summed E-state index contributed by atoms with van der Waals surface area (Å²) in [5.41, 5.74) is 0. The molecular formula is C14H14Cl2N2O2. The number of halogens is 2. The van der Waals surface area contributed by atoms with Crippen LogP contribution in [0.5, 0.6) is 5.75 Å². The van der Waals surface area contributed by atoms with Crippen LogP contribution in [-0.4, -0.2) is 18.1 Å². The van der Waals surface area contributed by atoms with E-state index in [-0.39, 0.29) is 6.10 Å². The Labute approximate surface area is 127 Å². The Morgan fingerprint density at radius 2 is 2.10 bits per heavy atom. The summed E-state index contributed by atoms with van der Waals surface area (Å²) >= 11 is 12.0. The van der Waals surface area contributed by atoms with E-state index in [2.05, 4.69) is 10.3 Å². The molecule has 1 saturated heterocycles. The smallest absolute Gasteiger partial charge is 0.181 e. The Balaban J connectivity index is 1.85. The molecule has 2 atom stereocenters. The molecule has 0 saturated carbocycles. The molecule has 0 radical (unpaired) electrons. The van der Waals surface area contributed by atoms with Gasteiger partial charge in [-0.25, -0.2) is 4.98 Å². The van der Waals surface area contributed by atoms with Gasteiger partial charge in [-0.1, -0.05) is 23.2 Å². The zero-order chi connectivity index (χ0) is 13.9. The van der Waals surface area contributed by atoms with Crippen molar-refractivity contribution in [1.29, 1.82) is 0 Å². The quantitative estimate of drug-likeness (QED) is 0.935. The Hall–Kier alpha value is -1.23. The first kappa shape index (κ1) is 13.7. The first-order chi connectivity index (χ1) is 9.72. The van der Waals surface area contributed by atoms with E-state index in [1.807, 2.05) is 0 Å². The van der Waals surface area contributed by atoms with Gasteiger partial charge in [0.05, 0.1) is 6.20 Å². The van der Waals surface area contributed by atoms with Crippen LogP contribution >= 0.6 is 23.2 Å². The average molecular weight is 313 g/mol. The maximum absolute atomic E-state index is 6.06. The SMILES string of the molecule is Clc1cc(Cl)cc(O[C@@H](c2cnco2)[C@H]2CCNC2)c1. The van der Waals surface area contributed by atoms with Crippen LogP contribution < -0.4 is 10.1 Å². The van der Waals surface area contributed by atoms with Gasteiger partial charge in [-0.05, 0) is 31.2 Å². The summed E-state index contributed by atoms with van der Waals surface area (Å²) in [5, 5.41) is 4.43. The van der Waals surface area contributed by atoms with Crippen molar-refractivity contribution in [3.05, 3.63) is 46.6 Å². The van der Waals surface area contributed by atoms with Crippen LogP contribution in [0.2, 0.25) is 10.0 Å². The number of aromatic nitrogens is 1. The van der Waals surface area contributed by atoms with Gasteiger partial charge in [-0.2, -0.15) is 0 Å². The minimum atomic E-state index is -0.193. The predicted octanol–water partition coefficient (Wildman–Crippen LogP) is 3.71. The molecule has 1 aromatic heterocycles. The lowest BCUT2D eigenvalue weighted by Gasteiger charge is -2.22. The molecule has 4 nitrogen and oxygen atoms in total. The van der Waals surface area contributed by atoms with Crippen molar-refractivity contribution < 1.29 is 9.15 Å². The number of nitrogens with one attached hydrogen (secondary N) is 1. The second kappa shape index (κ2) is 6.04. The summed E-state index contributed by atoms with van der Waals surface area (Å²) in [6.07, 6.45) is 3.94. The second-order valence-corrected chi connectivity index (χ2v) is 5.67. The first-order valence-corrected chi connectivity index (χ1v) is 7.20. The summed E-state index contributed by atoms with van der Waals surface area (Å²) in [4.78, 5) is 3.97. The van der Waals surface area contributed by atoms with E-state index in [1.165, 1.54) is 6.39 Å². The molecule has 106 valence electrons. The van der Waals surface area contributed by atoms with Gasteiger partial charge in [0, 0.05) is 22.5 Å². The van der Waals surface area contributed by atoms with Crippen molar-refractivity contribution in [2.75, 3.05) is 13.1 Å². The van der Waals surface area contributed by atoms with Crippen molar-refractivity contribution in [2.24, 2.45) is 5.92 Å². The van der Waals surface area contributed by atoms with Crippen molar-refractivity contribution in [3.63, 3.8) is 0 Å². The van der Waals surface area contributed by atoms with E-state index in [9.17, 15) is 0 Å². The Morgan fingerprint density at radius 3 is 2.70 bits per heavy atom. The minimum Gasteiger partial charge on any atom is -0.482 e. The highest BCUT2D eigenvalue weighted by atomic mass is 35.5. The first-order valence-electron chi connectivity index (χ1n) is 6.44. The summed E-state index contributed by atoms with van der Waals surface area (Å²) < 4.78 is 11.5. The second-order valence-electron chi connectivity index (χ2n) is 4.80. The van der Waals surface area contributed by atoms with Crippen molar-refractivity contribution in [3.8, 4) is 5.75 Å². The molecule has 1 aliphatic heterocycles. The highest BCUT2D eigenvalue weighted by Gasteiger charge is 2.30. The van der Waals surface area contributed by atoms with Gasteiger partial charge >= 0.3 is 0 Å². The van der Waals surface area contributed by atoms with Crippen LogP contribution in [-0.2, 0) is 0 Å². The molecular weight excluding hydrogens is 299 g/mol. The molecule has 1 aliphatic rings. The molecule has 1 fully saturated rings. The lowest BCUT2D eigenvalue weighted by molar-refractivity contribution is 0.120. The van der Waals surface area contributed by atoms with Gasteiger partial charge in [0.15, 0.2) is 18.3 Å². The summed E-state index contributed by atoms with van der Waals surface area (Å²) in [6, 6.07) is 5.18. The molecule has 0 bridgehead atoms. The fraction of sp³-hybridized carbons (Fsp3) is 0.357. The van der Waals surface area contributed by atoms with Gasteiger partial charge in [-0.15, -0.1) is 0 Å². The molecule has 6 heteroatoms. The molecule has 20 heavy (non-hydrogen) atoms. The van der Waals surface area contributed by atoms with Crippen molar-refractivity contribution in [1.82, 2.24) is 10.3 Å². The number of ether oxygens (including phenoxy) is 1. The van der Waals surface area contributed by atoms with Crippen LogP contribution in [0.4, 0.5) is 0 Å². The number of oxazole rings is 1. The lowest BCUT2D eigenvalue weighted by atomic mass is 10.00. The Kier molecular flexibility index (Phi) is 4.15. The number of benzene rings is 1. The van der Waals surface area contributed by atoms with Crippen LogP contribution in [0, 0.1) is 5.92 Å². The zero-order valence-corrected chi connectivity index (χ0v) is 12.2. The highest BCUT2D eigenvalue weighted by molar-refractivity contribution is 6.34. The van der Waals surface area contributed by atoms with E-state index < -0.39 is 0 Å². The Bertz CT molecular complexity index is 548. The van der Waals surface area contributed by atoms with Gasteiger partial charge in [0.2, 0.25) is 0 Å². The van der Waals surface area contributed by atoms with Crippen LogP contribution in [0.1, 0.15) is 18.3 Å². The molecule has 3 rings (SSSR count). The molecule has 1 aromatic carbocycles. The average Bonchev–Trinajstić information content (AvgIpc) is 3.08. The number of nitrogens with zero attached hydrogens (tertiary/aromatic N) is 1. The third-order valence-electron chi connectivity index (χ3n) is 3.36. The van der Waals surface area contributed by atoms with E-state index in [4.69, 9.17) is 32.4 Å². The topological polar surface area (TPSA) is 47.3 Å². The van der Waals surface area contributed by atoms with Crippen LogP contribution in [0.3, 0.4) is 0 Å². The van der Waals surface area contributed by atoms with Crippen LogP contribution in [0.25, 0.3) is 0 Å². The maximum atomic E-state index is 6.06. The Morgan fingerprint density at radius 1 is 1.30 bits per heavy atom. The summed E-state index contributed by atoms with van der Waals surface area (Å²) in [5.74, 6) is 1.69. The lowest BCUT2D eigenvalue weighted by Crippen LogP contribution is -2.21. The molecule has 0 unspecified atom stereocenters. The molecule has 0 amide bonds. The fourth-order valence-electron chi connectivity index (χ4n) is 2.43. The fourth-order valence-corrected chi connectivity index (χ4v) is 2.94. The largest absolute Gasteiger partial charge is 0.482 e. The van der Waals surface area contributed by atoms with E-state index in [0.717, 1.165) is 25.3 Å². The number of rotatable bonds is 4. The summed E-state index contributed by atoms with van der Waals surface area (Å²) in [6.45, 7) is 1.87. The van der Waals surface area contributed by atoms with Crippen molar-refractivity contribution in [2.45, 2.75) is 12.5 Å². The zero-order valence-electron chi connectivity index (χ0n) is 10.7. The number of hydrogen-bond donors (Lipinski definition) is 1. The minimum absolute atomic E-state index is 0.193. The molecule has 1 N–H and O–H groups in total. The van der Waals surface area contributed by atoms with Gasteiger partial charge in [0.1, 0.15) is 5.75 Å². The predicted molar refractivity (Wildman–Crippen MR) is 77.3 cm³/mol. The number of hydrogen-bond acceptors (Lipinski definition) is 4. The van der Waals surface area contributed by atoms with E-state index in [1.54, 1.807) is 24.4 Å². The highest BCUT2D eigenvalue weighted by Crippen LogP contribution is 2.34. The maximum Gasteiger partial charge on any atom is 0.181 e. The standard InChI is InChI=1S/C14H14Cl2N2O2/c15-10-3-11(16)5-12(4-10)20-14(9-1-2-17-6-9)13-7-18-8-19-13/h3-5,7-9,14,17H,1-2,6H2/t9-,14+/m0/s1. The van der Waals surface area contributed by atoms with Gasteiger partial charge in [0.25, 0.3) is 0 Å². The van der Waals surface area contributed by atoms with E-state index >= 15 is 0 Å². The molecule has 2 aromatic rings. The normalized spacial score (nSPS) is 20.0. The van der Waals surface area contributed by atoms with Crippen molar-refractivity contribution >= 4 is 23.2 Å². The summed E-state index contributed by atoms with van der Waals surface area (Å²) in [7, 11) is 0. The molecule has 2 heterocycles.